The molecule has 2 heterocycles. The van der Waals surface area contributed by atoms with Gasteiger partial charge >= 0.3 is 5.69 Å². The molecule has 0 aliphatic rings. The fourth-order valence-corrected chi connectivity index (χ4v) is 3.42. The number of hydrogen-bond donors (Lipinski definition) is 2. The Labute approximate surface area is 170 Å². The first kappa shape index (κ1) is 18.8. The molecule has 1 amide bonds. The number of nitrogens with zero attached hydrogens (tertiary/aromatic N) is 2. The standard InChI is InChI=1S/C21H17ClN4O3/c1-25-12-14(19(27)23-16-10-6-5-9-15(16)22)17-18(25)20(28)26(21(29)24-17)11-13-7-3-2-4-8-13/h2-10,12H,11H2,1H3,(H,23,27)(H,24,29). The number of aromatic amines is 1. The Morgan fingerprint density at radius 3 is 2.48 bits per heavy atom. The first-order valence-corrected chi connectivity index (χ1v) is 9.25. The molecule has 0 radical (unpaired) electrons. The van der Waals surface area contributed by atoms with E-state index in [1.54, 1.807) is 31.3 Å². The Bertz CT molecular complexity index is 1340. The second-order valence-corrected chi connectivity index (χ2v) is 7.03. The molecule has 2 N–H and O–H groups in total. The zero-order chi connectivity index (χ0) is 20.5. The number of amides is 1. The molecule has 8 heteroatoms. The van der Waals surface area contributed by atoms with Gasteiger partial charge in [-0.1, -0.05) is 54.1 Å². The lowest BCUT2D eigenvalue weighted by Gasteiger charge is -2.07. The van der Waals surface area contributed by atoms with Gasteiger partial charge in [-0.2, -0.15) is 0 Å². The summed E-state index contributed by atoms with van der Waals surface area (Å²) < 4.78 is 2.66. The van der Waals surface area contributed by atoms with Gasteiger partial charge in [0.15, 0.2) is 0 Å². The summed E-state index contributed by atoms with van der Waals surface area (Å²) in [6.45, 7) is 0.136. The maximum atomic E-state index is 13.0. The van der Waals surface area contributed by atoms with Crippen molar-refractivity contribution in [3.05, 3.63) is 97.8 Å². The average molecular weight is 409 g/mol. The second-order valence-electron chi connectivity index (χ2n) is 6.62. The number of aryl methyl sites for hydroxylation is 1. The molecule has 4 aromatic rings. The molecular weight excluding hydrogens is 392 g/mol. The van der Waals surface area contributed by atoms with E-state index < -0.39 is 17.2 Å². The molecular formula is C21H17ClN4O3. The summed E-state index contributed by atoms with van der Waals surface area (Å²) >= 11 is 6.10. The van der Waals surface area contributed by atoms with Crippen LogP contribution in [0.4, 0.5) is 5.69 Å². The molecule has 0 unspecified atom stereocenters. The minimum absolute atomic E-state index is 0.136. The van der Waals surface area contributed by atoms with Gasteiger partial charge in [0, 0.05) is 13.2 Å². The molecule has 7 nitrogen and oxygen atoms in total. The van der Waals surface area contributed by atoms with Gasteiger partial charge < -0.3 is 14.9 Å². The third-order valence-electron chi connectivity index (χ3n) is 4.66. The SMILES string of the molecule is Cn1cc(C(=O)Nc2ccccc2Cl)c2[nH]c(=O)n(Cc3ccccc3)c(=O)c21. The number of fused-ring (bicyclic) bond motifs is 1. The van der Waals surface area contributed by atoms with Crippen LogP contribution in [0.1, 0.15) is 15.9 Å². The highest BCUT2D eigenvalue weighted by atomic mass is 35.5. The number of para-hydroxylation sites is 1. The van der Waals surface area contributed by atoms with Crippen LogP contribution in [0.15, 0.2) is 70.4 Å². The summed E-state index contributed by atoms with van der Waals surface area (Å²) in [6.07, 6.45) is 1.51. The van der Waals surface area contributed by atoms with E-state index in [1.165, 1.54) is 10.8 Å². The number of H-pyrrole nitrogens is 1. The van der Waals surface area contributed by atoms with Crippen molar-refractivity contribution in [3.8, 4) is 0 Å². The maximum absolute atomic E-state index is 13.0. The van der Waals surface area contributed by atoms with Gasteiger partial charge in [0.05, 0.1) is 28.3 Å². The van der Waals surface area contributed by atoms with Gasteiger partial charge in [0.2, 0.25) is 0 Å². The molecule has 0 aliphatic carbocycles. The van der Waals surface area contributed by atoms with Gasteiger partial charge in [-0.05, 0) is 17.7 Å². The molecule has 29 heavy (non-hydrogen) atoms. The normalized spacial score (nSPS) is 11.0. The predicted octanol–water partition coefficient (Wildman–Crippen LogP) is 2.98. The zero-order valence-electron chi connectivity index (χ0n) is 15.5. The first-order chi connectivity index (χ1) is 14.0. The Kier molecular flexibility index (Phi) is 4.82. The van der Waals surface area contributed by atoms with Crippen molar-refractivity contribution >= 4 is 34.2 Å². The van der Waals surface area contributed by atoms with E-state index in [4.69, 9.17) is 11.6 Å². The monoisotopic (exact) mass is 408 g/mol. The molecule has 0 aliphatic heterocycles. The number of anilines is 1. The van der Waals surface area contributed by atoms with Crippen molar-refractivity contribution < 1.29 is 4.79 Å². The average Bonchev–Trinajstić information content (AvgIpc) is 3.04. The minimum atomic E-state index is -0.579. The number of hydrogen-bond acceptors (Lipinski definition) is 3. The molecule has 0 saturated heterocycles. The largest absolute Gasteiger partial charge is 0.344 e. The molecule has 0 spiro atoms. The van der Waals surface area contributed by atoms with Gasteiger partial charge in [0.1, 0.15) is 5.52 Å². The Morgan fingerprint density at radius 1 is 1.07 bits per heavy atom. The number of aromatic nitrogens is 3. The van der Waals surface area contributed by atoms with E-state index in [0.717, 1.165) is 10.1 Å². The van der Waals surface area contributed by atoms with Crippen molar-refractivity contribution in [2.24, 2.45) is 7.05 Å². The van der Waals surface area contributed by atoms with E-state index in [0.29, 0.717) is 10.7 Å². The lowest BCUT2D eigenvalue weighted by molar-refractivity contribution is 0.102. The van der Waals surface area contributed by atoms with Crippen LogP contribution in [0.25, 0.3) is 11.0 Å². The van der Waals surface area contributed by atoms with E-state index in [9.17, 15) is 14.4 Å². The molecule has 0 bridgehead atoms. The van der Waals surface area contributed by atoms with E-state index >= 15 is 0 Å². The van der Waals surface area contributed by atoms with Crippen molar-refractivity contribution in [2.75, 3.05) is 5.32 Å². The highest BCUT2D eigenvalue weighted by Crippen LogP contribution is 2.22. The summed E-state index contributed by atoms with van der Waals surface area (Å²) in [5.74, 6) is -0.473. The number of carbonyl (C=O) groups is 1. The molecule has 0 atom stereocenters. The van der Waals surface area contributed by atoms with E-state index in [1.807, 2.05) is 30.3 Å². The maximum Gasteiger partial charge on any atom is 0.329 e. The number of benzene rings is 2. The fraction of sp³-hybridized carbons (Fsp3) is 0.0952. The summed E-state index contributed by atoms with van der Waals surface area (Å²) in [5, 5.41) is 3.10. The van der Waals surface area contributed by atoms with Crippen LogP contribution in [0.2, 0.25) is 5.02 Å². The third kappa shape index (κ3) is 3.48. The zero-order valence-corrected chi connectivity index (χ0v) is 16.2. The van der Waals surface area contributed by atoms with Crippen LogP contribution in [0, 0.1) is 0 Å². The Hall–Kier alpha value is -3.58. The highest BCUT2D eigenvalue weighted by Gasteiger charge is 2.20. The number of rotatable bonds is 4. The van der Waals surface area contributed by atoms with Gasteiger partial charge in [-0.25, -0.2) is 4.79 Å². The van der Waals surface area contributed by atoms with Gasteiger partial charge in [-0.15, -0.1) is 0 Å². The quantitative estimate of drug-likeness (QED) is 0.544. The van der Waals surface area contributed by atoms with E-state index in [2.05, 4.69) is 10.3 Å². The fourth-order valence-electron chi connectivity index (χ4n) is 3.24. The van der Waals surface area contributed by atoms with E-state index in [-0.39, 0.29) is 23.1 Å². The Morgan fingerprint density at radius 2 is 1.76 bits per heavy atom. The predicted molar refractivity (Wildman–Crippen MR) is 113 cm³/mol. The summed E-state index contributed by atoms with van der Waals surface area (Å²) in [6, 6.07) is 16.0. The lowest BCUT2D eigenvalue weighted by atomic mass is 10.2. The molecule has 4 rings (SSSR count). The first-order valence-electron chi connectivity index (χ1n) is 8.87. The van der Waals surface area contributed by atoms with Crippen LogP contribution in [0.3, 0.4) is 0 Å². The minimum Gasteiger partial charge on any atom is -0.344 e. The number of halogens is 1. The van der Waals surface area contributed by atoms with Crippen LogP contribution in [-0.2, 0) is 13.6 Å². The van der Waals surface area contributed by atoms with Crippen molar-refractivity contribution in [2.45, 2.75) is 6.54 Å². The number of nitrogens with one attached hydrogen (secondary N) is 2. The highest BCUT2D eigenvalue weighted by molar-refractivity contribution is 6.34. The Balaban J connectivity index is 1.78. The van der Waals surface area contributed by atoms with Crippen LogP contribution < -0.4 is 16.6 Å². The smallest absolute Gasteiger partial charge is 0.329 e. The van der Waals surface area contributed by atoms with Crippen LogP contribution >= 0.6 is 11.6 Å². The summed E-state index contributed by atoms with van der Waals surface area (Å²) in [4.78, 5) is 41.1. The van der Waals surface area contributed by atoms with Crippen molar-refractivity contribution in [1.82, 2.24) is 14.1 Å². The lowest BCUT2D eigenvalue weighted by Crippen LogP contribution is -2.36. The molecule has 0 fully saturated rings. The summed E-state index contributed by atoms with van der Waals surface area (Å²) in [5.41, 5.74) is 0.835. The van der Waals surface area contributed by atoms with Crippen molar-refractivity contribution in [3.63, 3.8) is 0 Å². The molecule has 2 aromatic heterocycles. The third-order valence-corrected chi connectivity index (χ3v) is 4.99. The van der Waals surface area contributed by atoms with Gasteiger partial charge in [0.25, 0.3) is 11.5 Å². The topological polar surface area (TPSA) is 88.9 Å². The van der Waals surface area contributed by atoms with Crippen LogP contribution in [0.5, 0.6) is 0 Å². The van der Waals surface area contributed by atoms with Gasteiger partial charge in [-0.3, -0.25) is 14.2 Å². The molecule has 2 aromatic carbocycles. The molecule has 146 valence electrons. The van der Waals surface area contributed by atoms with Crippen LogP contribution in [-0.4, -0.2) is 20.0 Å². The number of carbonyl (C=O) groups excluding carboxylic acids is 1. The van der Waals surface area contributed by atoms with Crippen molar-refractivity contribution in [1.29, 1.82) is 0 Å². The summed E-state index contributed by atoms with van der Waals surface area (Å²) in [7, 11) is 1.65. The second kappa shape index (κ2) is 7.44. The molecule has 0 saturated carbocycles.